The molecule has 0 saturated heterocycles. The molecule has 1 atom stereocenters. The molecule has 1 aliphatic carbocycles. The predicted octanol–water partition coefficient (Wildman–Crippen LogP) is 6.05. The summed E-state index contributed by atoms with van der Waals surface area (Å²) in [7, 11) is 0. The van der Waals surface area contributed by atoms with Gasteiger partial charge in [-0.25, -0.2) is 9.18 Å². The average Bonchev–Trinajstić information content (AvgIpc) is 3.42. The van der Waals surface area contributed by atoms with E-state index in [9.17, 15) is 19.1 Å². The van der Waals surface area contributed by atoms with E-state index in [4.69, 9.17) is 4.74 Å². The van der Waals surface area contributed by atoms with Crippen molar-refractivity contribution < 1.29 is 23.8 Å². The standard InChI is InChI=1S/C25H22FNO4S/c26-16-10-8-14(9-11-16)21-22-23(32-24(21)25(29)30)19(13-20(28)27-22)15-4-3-7-18(12-15)31-17-5-1-2-6-17/h3-4,7-12,17,19H,1-2,5-6,13H2,(H,27,28)(H,29,30). The normalized spacial score (nSPS) is 18.3. The van der Waals surface area contributed by atoms with E-state index in [1.807, 2.05) is 24.3 Å². The van der Waals surface area contributed by atoms with Crippen LogP contribution in [0.2, 0.25) is 0 Å². The Balaban J connectivity index is 1.58. The number of carboxylic acid groups (broad SMARTS) is 1. The molecule has 2 N–H and O–H groups in total. The van der Waals surface area contributed by atoms with Crippen LogP contribution in [0.15, 0.2) is 48.5 Å². The van der Waals surface area contributed by atoms with Crippen molar-refractivity contribution in [2.45, 2.75) is 44.1 Å². The van der Waals surface area contributed by atoms with Crippen LogP contribution in [0.25, 0.3) is 11.1 Å². The van der Waals surface area contributed by atoms with E-state index in [0.717, 1.165) is 40.4 Å². The summed E-state index contributed by atoms with van der Waals surface area (Å²) < 4.78 is 19.6. The molecule has 32 heavy (non-hydrogen) atoms. The smallest absolute Gasteiger partial charge is 0.346 e. The van der Waals surface area contributed by atoms with Crippen LogP contribution in [0, 0.1) is 5.82 Å². The third-order valence-electron chi connectivity index (χ3n) is 6.10. The topological polar surface area (TPSA) is 75.6 Å². The summed E-state index contributed by atoms with van der Waals surface area (Å²) in [5, 5.41) is 12.7. The first-order valence-corrected chi connectivity index (χ1v) is 11.5. The third kappa shape index (κ3) is 3.88. The largest absolute Gasteiger partial charge is 0.490 e. The number of anilines is 1. The van der Waals surface area contributed by atoms with E-state index in [0.29, 0.717) is 16.8 Å². The van der Waals surface area contributed by atoms with Crippen molar-refractivity contribution >= 4 is 28.9 Å². The first-order chi connectivity index (χ1) is 15.5. The van der Waals surface area contributed by atoms with Gasteiger partial charge in [-0.1, -0.05) is 24.3 Å². The number of benzene rings is 2. The number of hydrogen-bond acceptors (Lipinski definition) is 4. The molecule has 1 amide bonds. The fourth-order valence-corrected chi connectivity index (χ4v) is 5.85. The summed E-state index contributed by atoms with van der Waals surface area (Å²) in [5.41, 5.74) is 2.40. The van der Waals surface area contributed by atoms with Crippen LogP contribution in [0.3, 0.4) is 0 Å². The number of halogens is 1. The number of nitrogens with one attached hydrogen (secondary N) is 1. The second-order valence-electron chi connectivity index (χ2n) is 8.26. The minimum Gasteiger partial charge on any atom is -0.490 e. The molecule has 2 aliphatic rings. The zero-order chi connectivity index (χ0) is 22.2. The van der Waals surface area contributed by atoms with E-state index in [-0.39, 0.29) is 29.2 Å². The van der Waals surface area contributed by atoms with Crippen LogP contribution in [0.5, 0.6) is 5.75 Å². The average molecular weight is 452 g/mol. The van der Waals surface area contributed by atoms with Gasteiger partial charge in [-0.3, -0.25) is 4.79 Å². The first-order valence-electron chi connectivity index (χ1n) is 10.7. The maximum Gasteiger partial charge on any atom is 0.346 e. The van der Waals surface area contributed by atoms with Crippen LogP contribution >= 0.6 is 11.3 Å². The van der Waals surface area contributed by atoms with Gasteiger partial charge < -0.3 is 15.2 Å². The molecule has 3 aromatic rings. The van der Waals surface area contributed by atoms with Crippen LogP contribution in [0.1, 0.15) is 58.1 Å². The number of hydrogen-bond donors (Lipinski definition) is 2. The molecule has 5 nitrogen and oxygen atoms in total. The van der Waals surface area contributed by atoms with Crippen molar-refractivity contribution in [1.82, 2.24) is 0 Å². The molecule has 1 saturated carbocycles. The number of aromatic carboxylic acids is 1. The Morgan fingerprint density at radius 3 is 2.59 bits per heavy atom. The van der Waals surface area contributed by atoms with E-state index in [2.05, 4.69) is 5.32 Å². The lowest BCUT2D eigenvalue weighted by atomic mass is 9.88. The number of carbonyl (C=O) groups is 2. The second kappa shape index (κ2) is 8.39. The van der Waals surface area contributed by atoms with Crippen molar-refractivity contribution in [2.75, 3.05) is 5.32 Å². The molecule has 164 valence electrons. The Morgan fingerprint density at radius 1 is 1.12 bits per heavy atom. The molecular formula is C25H22FNO4S. The molecule has 0 spiro atoms. The Kier molecular flexibility index (Phi) is 5.43. The van der Waals surface area contributed by atoms with Gasteiger partial charge in [0.05, 0.1) is 11.8 Å². The fraction of sp³-hybridized carbons (Fsp3) is 0.280. The lowest BCUT2D eigenvalue weighted by molar-refractivity contribution is -0.116. The fourth-order valence-electron chi connectivity index (χ4n) is 4.60. The molecule has 0 bridgehead atoms. The molecule has 2 aromatic carbocycles. The Labute approximate surface area is 188 Å². The Hall–Kier alpha value is -3.19. The van der Waals surface area contributed by atoms with Crippen LogP contribution in [-0.4, -0.2) is 23.1 Å². The minimum atomic E-state index is -1.07. The highest BCUT2D eigenvalue weighted by Crippen LogP contribution is 2.49. The van der Waals surface area contributed by atoms with Crippen molar-refractivity contribution in [3.05, 3.63) is 69.7 Å². The Morgan fingerprint density at radius 2 is 1.88 bits per heavy atom. The highest BCUT2D eigenvalue weighted by molar-refractivity contribution is 7.15. The molecule has 1 fully saturated rings. The number of fused-ring (bicyclic) bond motifs is 1. The lowest BCUT2D eigenvalue weighted by Gasteiger charge is -2.24. The SMILES string of the molecule is O=C1CC(c2cccc(OC3CCCC3)c2)c2sc(C(=O)O)c(-c3ccc(F)cc3)c2N1. The van der Waals surface area contributed by atoms with Gasteiger partial charge in [-0.05, 0) is 61.1 Å². The van der Waals surface area contributed by atoms with E-state index in [1.165, 1.54) is 37.1 Å². The van der Waals surface area contributed by atoms with Gasteiger partial charge in [-0.15, -0.1) is 11.3 Å². The molecular weight excluding hydrogens is 429 g/mol. The molecule has 0 radical (unpaired) electrons. The highest BCUT2D eigenvalue weighted by Gasteiger charge is 2.34. The molecule has 5 rings (SSSR count). The minimum absolute atomic E-state index is 0.132. The number of rotatable bonds is 5. The van der Waals surface area contributed by atoms with Crippen molar-refractivity contribution in [3.8, 4) is 16.9 Å². The quantitative estimate of drug-likeness (QED) is 0.495. The van der Waals surface area contributed by atoms with Crippen LogP contribution in [-0.2, 0) is 4.79 Å². The number of ether oxygens (including phenoxy) is 1. The third-order valence-corrected chi connectivity index (χ3v) is 7.39. The number of carboxylic acids is 1. The molecule has 7 heteroatoms. The van der Waals surface area contributed by atoms with E-state index in [1.54, 1.807) is 0 Å². The first kappa shape index (κ1) is 20.7. The maximum absolute atomic E-state index is 13.5. The summed E-state index contributed by atoms with van der Waals surface area (Å²) in [6, 6.07) is 13.4. The van der Waals surface area contributed by atoms with Crippen molar-refractivity contribution in [3.63, 3.8) is 0 Å². The molecule has 1 unspecified atom stereocenters. The van der Waals surface area contributed by atoms with E-state index >= 15 is 0 Å². The van der Waals surface area contributed by atoms with Gasteiger partial charge in [-0.2, -0.15) is 0 Å². The van der Waals surface area contributed by atoms with Gasteiger partial charge in [0.1, 0.15) is 16.4 Å². The molecule has 2 heterocycles. The molecule has 1 aromatic heterocycles. The predicted molar refractivity (Wildman–Crippen MR) is 121 cm³/mol. The summed E-state index contributed by atoms with van der Waals surface area (Å²) in [5.74, 6) is -1.16. The molecule has 1 aliphatic heterocycles. The zero-order valence-electron chi connectivity index (χ0n) is 17.3. The summed E-state index contributed by atoms with van der Waals surface area (Å²) in [6.45, 7) is 0. The number of amides is 1. The monoisotopic (exact) mass is 451 g/mol. The summed E-state index contributed by atoms with van der Waals surface area (Å²) >= 11 is 1.16. The summed E-state index contributed by atoms with van der Waals surface area (Å²) in [4.78, 5) is 25.6. The van der Waals surface area contributed by atoms with Crippen LogP contribution < -0.4 is 10.1 Å². The van der Waals surface area contributed by atoms with Crippen molar-refractivity contribution in [1.29, 1.82) is 0 Å². The number of thiophene rings is 1. The lowest BCUT2D eigenvalue weighted by Crippen LogP contribution is -2.22. The van der Waals surface area contributed by atoms with Crippen LogP contribution in [0.4, 0.5) is 10.1 Å². The van der Waals surface area contributed by atoms with E-state index < -0.39 is 11.8 Å². The van der Waals surface area contributed by atoms with Gasteiger partial charge in [0.25, 0.3) is 0 Å². The number of carbonyl (C=O) groups excluding carboxylic acids is 1. The highest BCUT2D eigenvalue weighted by atomic mass is 32.1. The van der Waals surface area contributed by atoms with Gasteiger partial charge in [0.15, 0.2) is 0 Å². The Bertz CT molecular complexity index is 1180. The second-order valence-corrected chi connectivity index (χ2v) is 9.31. The van der Waals surface area contributed by atoms with Crippen molar-refractivity contribution in [2.24, 2.45) is 0 Å². The summed E-state index contributed by atoms with van der Waals surface area (Å²) in [6.07, 6.45) is 4.90. The zero-order valence-corrected chi connectivity index (χ0v) is 18.1. The maximum atomic E-state index is 13.5. The van der Waals surface area contributed by atoms with Gasteiger partial charge >= 0.3 is 5.97 Å². The van der Waals surface area contributed by atoms with Gasteiger partial charge in [0, 0.05) is 22.8 Å². The van der Waals surface area contributed by atoms with Gasteiger partial charge in [0.2, 0.25) is 5.91 Å².